The number of fused-ring (bicyclic) bond motifs is 3. The van der Waals surface area contributed by atoms with E-state index in [1.165, 1.54) is 11.8 Å². The molecule has 0 amide bonds. The van der Waals surface area contributed by atoms with Crippen LogP contribution in [0.25, 0.3) is 10.9 Å². The van der Waals surface area contributed by atoms with Gasteiger partial charge in [0.2, 0.25) is 11.8 Å². The first-order valence-electron chi connectivity index (χ1n) is 7.15. The van der Waals surface area contributed by atoms with Crippen molar-refractivity contribution in [2.45, 2.75) is 13.0 Å². The molecule has 112 valence electrons. The monoisotopic (exact) mass is 298 g/mol. The van der Waals surface area contributed by atoms with Gasteiger partial charge in [-0.15, -0.1) is 0 Å². The van der Waals surface area contributed by atoms with E-state index in [2.05, 4.69) is 19.9 Å². The fraction of sp³-hybridized carbons (Fsp3) is 0.250. The van der Waals surface area contributed by atoms with E-state index in [1.54, 1.807) is 31.5 Å². The molecule has 0 fully saturated rings. The molecule has 0 bridgehead atoms. The van der Waals surface area contributed by atoms with Crippen molar-refractivity contribution in [3.05, 3.63) is 47.5 Å². The molecule has 2 aromatic heterocycles. The number of aromatic nitrogens is 3. The van der Waals surface area contributed by atoms with Gasteiger partial charge in [-0.1, -0.05) is 0 Å². The molecule has 0 saturated carbocycles. The Morgan fingerprint density at radius 1 is 1.32 bits per heavy atom. The number of hydrogen-bond acceptors (Lipinski definition) is 4. The van der Waals surface area contributed by atoms with E-state index >= 15 is 0 Å². The third kappa shape index (κ3) is 2.07. The molecule has 0 radical (unpaired) electrons. The summed E-state index contributed by atoms with van der Waals surface area (Å²) >= 11 is 0. The largest absolute Gasteiger partial charge is 0.481 e. The predicted octanol–water partition coefficient (Wildman–Crippen LogP) is 2.67. The number of benzene rings is 1. The van der Waals surface area contributed by atoms with Gasteiger partial charge in [-0.3, -0.25) is 0 Å². The van der Waals surface area contributed by atoms with Gasteiger partial charge < -0.3 is 14.6 Å². The molecular formula is C16H15FN4O. The van der Waals surface area contributed by atoms with Crippen LogP contribution in [0.3, 0.4) is 0 Å². The zero-order valence-electron chi connectivity index (χ0n) is 12.1. The molecule has 0 aliphatic carbocycles. The molecule has 0 spiro atoms. The minimum Gasteiger partial charge on any atom is -0.481 e. The van der Waals surface area contributed by atoms with Gasteiger partial charge in [-0.25, -0.2) is 9.37 Å². The van der Waals surface area contributed by atoms with E-state index < -0.39 is 0 Å². The third-order valence-electron chi connectivity index (χ3n) is 4.05. The van der Waals surface area contributed by atoms with E-state index in [-0.39, 0.29) is 5.82 Å². The van der Waals surface area contributed by atoms with Crippen molar-refractivity contribution < 1.29 is 9.13 Å². The van der Waals surface area contributed by atoms with Crippen molar-refractivity contribution in [1.82, 2.24) is 15.0 Å². The van der Waals surface area contributed by atoms with Crippen molar-refractivity contribution >= 4 is 16.9 Å². The summed E-state index contributed by atoms with van der Waals surface area (Å²) in [7, 11) is 1.59. The van der Waals surface area contributed by atoms with Crippen molar-refractivity contribution in [2.24, 2.45) is 0 Å². The molecule has 0 unspecified atom stereocenters. The number of H-pyrrole nitrogens is 1. The van der Waals surface area contributed by atoms with Gasteiger partial charge in [0.15, 0.2) is 0 Å². The van der Waals surface area contributed by atoms with Crippen LogP contribution in [-0.4, -0.2) is 28.6 Å². The summed E-state index contributed by atoms with van der Waals surface area (Å²) in [6.45, 7) is 1.47. The molecule has 1 aromatic carbocycles. The van der Waals surface area contributed by atoms with Crippen LogP contribution >= 0.6 is 0 Å². The zero-order valence-corrected chi connectivity index (χ0v) is 12.1. The number of rotatable bonds is 2. The van der Waals surface area contributed by atoms with E-state index in [1.807, 2.05) is 0 Å². The minimum atomic E-state index is -0.218. The molecule has 5 nitrogen and oxygen atoms in total. The summed E-state index contributed by atoms with van der Waals surface area (Å²) < 4.78 is 18.7. The highest BCUT2D eigenvalue weighted by molar-refractivity contribution is 5.85. The summed E-state index contributed by atoms with van der Waals surface area (Å²) in [5.74, 6) is 0.959. The highest BCUT2D eigenvalue weighted by Gasteiger charge is 2.22. The first-order chi connectivity index (χ1) is 10.7. The number of nitrogens with zero attached hydrogens (tertiary/aromatic N) is 3. The minimum absolute atomic E-state index is 0.218. The Bertz CT molecular complexity index is 845. The maximum Gasteiger partial charge on any atom is 0.228 e. The van der Waals surface area contributed by atoms with Crippen LogP contribution in [0.1, 0.15) is 11.3 Å². The van der Waals surface area contributed by atoms with Crippen LogP contribution in [-0.2, 0) is 13.0 Å². The Balaban J connectivity index is 1.73. The van der Waals surface area contributed by atoms with Gasteiger partial charge in [0.25, 0.3) is 0 Å². The first kappa shape index (κ1) is 13.1. The standard InChI is InChI=1S/C16H15FN4O/c1-22-15-4-6-18-16(20-15)21-7-5-14-12(9-21)11-8-10(17)2-3-13(11)19-14/h2-4,6,8,19H,5,7,9H2,1H3. The lowest BCUT2D eigenvalue weighted by atomic mass is 10.0. The smallest absolute Gasteiger partial charge is 0.228 e. The van der Waals surface area contributed by atoms with E-state index in [4.69, 9.17) is 4.74 Å². The van der Waals surface area contributed by atoms with E-state index in [0.717, 1.165) is 29.4 Å². The lowest BCUT2D eigenvalue weighted by molar-refractivity contribution is 0.396. The average Bonchev–Trinajstić information content (AvgIpc) is 2.92. The molecule has 4 rings (SSSR count). The molecular weight excluding hydrogens is 283 g/mol. The molecule has 1 aliphatic rings. The fourth-order valence-electron chi connectivity index (χ4n) is 2.96. The third-order valence-corrected chi connectivity index (χ3v) is 4.05. The second-order valence-electron chi connectivity index (χ2n) is 5.34. The number of methoxy groups -OCH3 is 1. The highest BCUT2D eigenvalue weighted by atomic mass is 19.1. The maximum atomic E-state index is 13.5. The second-order valence-corrected chi connectivity index (χ2v) is 5.34. The van der Waals surface area contributed by atoms with Crippen molar-refractivity contribution in [3.63, 3.8) is 0 Å². The Labute approximate surface area is 126 Å². The summed E-state index contributed by atoms with van der Waals surface area (Å²) in [6, 6.07) is 6.57. The number of halogens is 1. The first-order valence-corrected chi connectivity index (χ1v) is 7.15. The van der Waals surface area contributed by atoms with Crippen molar-refractivity contribution in [1.29, 1.82) is 0 Å². The predicted molar refractivity (Wildman–Crippen MR) is 81.6 cm³/mol. The maximum absolute atomic E-state index is 13.5. The van der Waals surface area contributed by atoms with Gasteiger partial charge in [0.05, 0.1) is 7.11 Å². The lowest BCUT2D eigenvalue weighted by Gasteiger charge is -2.27. The Morgan fingerprint density at radius 2 is 2.23 bits per heavy atom. The molecule has 3 heterocycles. The summed E-state index contributed by atoms with van der Waals surface area (Å²) in [5.41, 5.74) is 3.26. The Hall–Kier alpha value is -2.63. The van der Waals surface area contributed by atoms with Crippen LogP contribution in [0.5, 0.6) is 5.88 Å². The summed E-state index contributed by atoms with van der Waals surface area (Å²) in [5, 5.41) is 0.933. The molecule has 0 saturated heterocycles. The topological polar surface area (TPSA) is 54.0 Å². The number of aromatic amines is 1. The second kappa shape index (κ2) is 4.98. The van der Waals surface area contributed by atoms with Crippen LogP contribution < -0.4 is 9.64 Å². The summed E-state index contributed by atoms with van der Waals surface area (Å²) in [4.78, 5) is 14.2. The van der Waals surface area contributed by atoms with Gasteiger partial charge in [0, 0.05) is 53.9 Å². The van der Waals surface area contributed by atoms with Gasteiger partial charge in [-0.05, 0) is 18.2 Å². The molecule has 6 heteroatoms. The highest BCUT2D eigenvalue weighted by Crippen LogP contribution is 2.29. The van der Waals surface area contributed by atoms with Crippen LogP contribution in [0.4, 0.5) is 10.3 Å². The van der Waals surface area contributed by atoms with Crippen molar-refractivity contribution in [3.8, 4) is 5.88 Å². The average molecular weight is 298 g/mol. The quantitative estimate of drug-likeness (QED) is 0.790. The molecule has 1 aliphatic heterocycles. The van der Waals surface area contributed by atoms with E-state index in [9.17, 15) is 4.39 Å². The van der Waals surface area contributed by atoms with Crippen LogP contribution in [0, 0.1) is 5.82 Å². The number of hydrogen-bond donors (Lipinski definition) is 1. The van der Waals surface area contributed by atoms with Crippen molar-refractivity contribution in [2.75, 3.05) is 18.6 Å². The Kier molecular flexibility index (Phi) is 2.96. The van der Waals surface area contributed by atoms with Gasteiger partial charge in [-0.2, -0.15) is 4.98 Å². The SMILES string of the molecule is COc1ccnc(N2CCc3[nH]c4ccc(F)cc4c3C2)n1. The number of anilines is 1. The lowest BCUT2D eigenvalue weighted by Crippen LogP contribution is -2.31. The number of nitrogens with one attached hydrogen (secondary N) is 1. The molecule has 1 N–H and O–H groups in total. The van der Waals surface area contributed by atoms with Crippen LogP contribution in [0.2, 0.25) is 0 Å². The van der Waals surface area contributed by atoms with Gasteiger partial charge in [0.1, 0.15) is 5.82 Å². The van der Waals surface area contributed by atoms with Crippen LogP contribution in [0.15, 0.2) is 30.5 Å². The summed E-state index contributed by atoms with van der Waals surface area (Å²) in [6.07, 6.45) is 2.54. The Morgan fingerprint density at radius 3 is 3.09 bits per heavy atom. The molecule has 3 aromatic rings. The van der Waals surface area contributed by atoms with Gasteiger partial charge >= 0.3 is 0 Å². The fourth-order valence-corrected chi connectivity index (χ4v) is 2.96. The zero-order chi connectivity index (χ0) is 15.1. The molecule has 22 heavy (non-hydrogen) atoms. The molecule has 0 atom stereocenters. The normalized spacial score (nSPS) is 14.2. The number of ether oxygens (including phenoxy) is 1. The van der Waals surface area contributed by atoms with E-state index in [0.29, 0.717) is 18.4 Å².